The second-order valence-electron chi connectivity index (χ2n) is 15.9. The first kappa shape index (κ1) is 42.2. The standard InChI is InChI=1S/C51H55NO6S2/c1-3-29-55-51-48(60-42-23-19-36-15-7-8-16-37(36)30-42)33-46(52-56-34-35-13-5-4-6-14-35)44-31-38(17-9-11-27-53)43(18-10-12-28-54)49(50(44)51)45-32-40(22-26-47(45)58-51)57-39-20-24-41(59-2)25-21-39/h3-8,13-16,19-26,30-32,38,43,48-50,53-54H,1,9-12,17-18,27-29,33-34H2,2H3. The van der Waals surface area contributed by atoms with E-state index < -0.39 is 5.79 Å². The van der Waals surface area contributed by atoms with Crippen LogP contribution in [0.25, 0.3) is 10.8 Å². The molecule has 3 aliphatic rings. The zero-order valence-electron chi connectivity index (χ0n) is 34.3. The van der Waals surface area contributed by atoms with Crippen LogP contribution < -0.4 is 9.47 Å². The second kappa shape index (κ2) is 19.9. The van der Waals surface area contributed by atoms with Crippen molar-refractivity contribution < 1.29 is 29.3 Å². The summed E-state index contributed by atoms with van der Waals surface area (Å²) in [7, 11) is 0. The van der Waals surface area contributed by atoms with Crippen LogP contribution in [-0.2, 0) is 16.2 Å². The fraction of sp³-hybridized carbons (Fsp3) is 0.353. The molecular formula is C51H55NO6S2. The summed E-state index contributed by atoms with van der Waals surface area (Å²) in [5.74, 6) is 1.29. The molecular weight excluding hydrogens is 787 g/mol. The molecule has 7 nitrogen and oxygen atoms in total. The van der Waals surface area contributed by atoms with Crippen molar-refractivity contribution in [3.63, 3.8) is 0 Å². The number of oxime groups is 1. The van der Waals surface area contributed by atoms with Crippen molar-refractivity contribution >= 4 is 40.0 Å². The van der Waals surface area contributed by atoms with E-state index in [-0.39, 0.29) is 42.1 Å². The number of rotatable bonds is 19. The molecule has 1 fully saturated rings. The Kier molecular flexibility index (Phi) is 14.0. The van der Waals surface area contributed by atoms with Gasteiger partial charge in [-0.3, -0.25) is 0 Å². The van der Waals surface area contributed by atoms with E-state index in [4.69, 9.17) is 24.2 Å². The smallest absolute Gasteiger partial charge is 0.231 e. The summed E-state index contributed by atoms with van der Waals surface area (Å²) < 4.78 is 21.2. The summed E-state index contributed by atoms with van der Waals surface area (Å²) in [6.45, 7) is 5.07. The van der Waals surface area contributed by atoms with E-state index in [1.807, 2.05) is 42.5 Å². The van der Waals surface area contributed by atoms with Gasteiger partial charge in [-0.25, -0.2) is 0 Å². The maximum atomic E-state index is 10.0. The van der Waals surface area contributed by atoms with Crippen LogP contribution >= 0.6 is 23.5 Å². The van der Waals surface area contributed by atoms with E-state index in [0.29, 0.717) is 19.6 Å². The molecule has 0 spiro atoms. The molecule has 312 valence electrons. The first-order valence-electron chi connectivity index (χ1n) is 21.2. The fourth-order valence-electron chi connectivity index (χ4n) is 9.43. The van der Waals surface area contributed by atoms with Gasteiger partial charge in [0.2, 0.25) is 5.79 Å². The van der Waals surface area contributed by atoms with Crippen molar-refractivity contribution in [2.75, 3.05) is 26.1 Å². The van der Waals surface area contributed by atoms with Crippen LogP contribution in [0.3, 0.4) is 0 Å². The summed E-state index contributed by atoms with van der Waals surface area (Å²) in [6.07, 6.45) is 12.0. The highest BCUT2D eigenvalue weighted by molar-refractivity contribution is 8.00. The maximum absolute atomic E-state index is 10.0. The van der Waals surface area contributed by atoms with Crippen molar-refractivity contribution in [3.05, 3.63) is 151 Å². The van der Waals surface area contributed by atoms with Crippen molar-refractivity contribution in [2.45, 2.75) is 78.3 Å². The largest absolute Gasteiger partial charge is 0.460 e. The Morgan fingerprint density at radius 1 is 0.817 bits per heavy atom. The highest BCUT2D eigenvalue weighted by Crippen LogP contribution is 2.63. The number of aliphatic hydroxyl groups is 2. The van der Waals surface area contributed by atoms with Gasteiger partial charge in [0.05, 0.1) is 23.5 Å². The van der Waals surface area contributed by atoms with Crippen LogP contribution in [-0.4, -0.2) is 53.0 Å². The molecule has 2 aliphatic carbocycles. The van der Waals surface area contributed by atoms with E-state index in [0.717, 1.165) is 83.1 Å². The zero-order valence-corrected chi connectivity index (χ0v) is 35.9. The monoisotopic (exact) mass is 841 g/mol. The van der Waals surface area contributed by atoms with Crippen LogP contribution in [0.15, 0.2) is 155 Å². The van der Waals surface area contributed by atoms with Crippen LogP contribution in [0.2, 0.25) is 0 Å². The van der Waals surface area contributed by atoms with E-state index in [1.165, 1.54) is 15.7 Å². The molecule has 1 heterocycles. The molecule has 1 saturated carbocycles. The Morgan fingerprint density at radius 2 is 1.55 bits per heavy atom. The number of ether oxygens (including phenoxy) is 3. The van der Waals surface area contributed by atoms with Gasteiger partial charge >= 0.3 is 0 Å². The number of hydrogen-bond acceptors (Lipinski definition) is 9. The van der Waals surface area contributed by atoms with Crippen molar-refractivity contribution in [1.82, 2.24) is 0 Å². The predicted octanol–water partition coefficient (Wildman–Crippen LogP) is 12.0. The Balaban J connectivity index is 1.29. The van der Waals surface area contributed by atoms with E-state index in [1.54, 1.807) is 23.5 Å². The van der Waals surface area contributed by atoms with Gasteiger partial charge in [-0.15, -0.1) is 30.1 Å². The molecule has 0 saturated heterocycles. The third-order valence-electron chi connectivity index (χ3n) is 12.2. The first-order valence-corrected chi connectivity index (χ1v) is 23.4. The normalized spacial score (nSPS) is 23.6. The molecule has 60 heavy (non-hydrogen) atoms. The number of fused-ring (bicyclic) bond motifs is 3. The van der Waals surface area contributed by atoms with Crippen LogP contribution in [0.4, 0.5) is 0 Å². The van der Waals surface area contributed by atoms with Crippen LogP contribution in [0.1, 0.15) is 62.0 Å². The van der Waals surface area contributed by atoms with Gasteiger partial charge in [-0.1, -0.05) is 90.8 Å². The second-order valence-corrected chi connectivity index (χ2v) is 18.1. The molecule has 0 aromatic heterocycles. The number of hydrogen-bond donors (Lipinski definition) is 2. The molecule has 0 bridgehead atoms. The average molecular weight is 842 g/mol. The van der Waals surface area contributed by atoms with Crippen LogP contribution in [0, 0.1) is 17.8 Å². The van der Waals surface area contributed by atoms with E-state index >= 15 is 0 Å². The number of allylic oxidation sites excluding steroid dienone is 1. The highest BCUT2D eigenvalue weighted by Gasteiger charge is 2.64. The molecule has 5 aromatic rings. The van der Waals surface area contributed by atoms with Gasteiger partial charge in [0.15, 0.2) is 0 Å². The first-order chi connectivity index (χ1) is 29.5. The lowest BCUT2D eigenvalue weighted by Gasteiger charge is -2.58. The third-order valence-corrected chi connectivity index (χ3v) is 14.2. The molecule has 2 N–H and O–H groups in total. The van der Waals surface area contributed by atoms with Crippen LogP contribution in [0.5, 0.6) is 17.2 Å². The average Bonchev–Trinajstić information content (AvgIpc) is 3.28. The summed E-state index contributed by atoms with van der Waals surface area (Å²) in [5, 5.41) is 27.1. The number of benzene rings is 5. The number of nitrogens with zero attached hydrogens (tertiary/aromatic N) is 1. The van der Waals surface area contributed by atoms with Gasteiger partial charge in [-0.2, -0.15) is 0 Å². The summed E-state index contributed by atoms with van der Waals surface area (Å²) in [6, 6.07) is 39.7. The molecule has 5 aromatic carbocycles. The SMILES string of the molecule is C=CCOC12Oc3ccc(Oc4ccc(SC)cc4)cc3C3C(CCCCO)C(CCCCO)C=C(C(=NOCc4ccccc4)CC1Sc1ccc4ccccc4c1)C32. The van der Waals surface area contributed by atoms with E-state index in [9.17, 15) is 10.2 Å². The molecule has 6 atom stereocenters. The predicted molar refractivity (Wildman–Crippen MR) is 244 cm³/mol. The summed E-state index contributed by atoms with van der Waals surface area (Å²) >= 11 is 3.48. The number of unbranched alkanes of at least 4 members (excludes halogenated alkanes) is 2. The molecule has 9 heteroatoms. The van der Waals surface area contributed by atoms with Crippen molar-refractivity contribution in [2.24, 2.45) is 22.9 Å². The maximum Gasteiger partial charge on any atom is 0.231 e. The molecule has 6 unspecified atom stereocenters. The lowest BCUT2D eigenvalue weighted by atomic mass is 9.56. The minimum Gasteiger partial charge on any atom is -0.460 e. The minimum absolute atomic E-state index is 0.0434. The van der Waals surface area contributed by atoms with Gasteiger partial charge in [-0.05, 0) is 120 Å². The number of aliphatic hydroxyl groups excluding tert-OH is 2. The minimum atomic E-state index is -1.09. The molecule has 0 amide bonds. The van der Waals surface area contributed by atoms with Gasteiger partial charge < -0.3 is 29.3 Å². The third kappa shape index (κ3) is 9.21. The van der Waals surface area contributed by atoms with Crippen molar-refractivity contribution in [1.29, 1.82) is 0 Å². The Labute approximate surface area is 362 Å². The van der Waals surface area contributed by atoms with Gasteiger partial charge in [0.1, 0.15) is 23.9 Å². The fourth-order valence-corrected chi connectivity index (χ4v) is 11.2. The van der Waals surface area contributed by atoms with Gasteiger partial charge in [0.25, 0.3) is 0 Å². The highest BCUT2D eigenvalue weighted by atomic mass is 32.2. The Morgan fingerprint density at radius 3 is 2.32 bits per heavy atom. The number of thioether (sulfide) groups is 2. The quantitative estimate of drug-likeness (QED) is 0.0368. The van der Waals surface area contributed by atoms with Gasteiger partial charge in [0, 0.05) is 40.9 Å². The Hall–Kier alpha value is -4.51. The zero-order chi connectivity index (χ0) is 41.3. The summed E-state index contributed by atoms with van der Waals surface area (Å²) in [4.78, 5) is 8.57. The summed E-state index contributed by atoms with van der Waals surface area (Å²) in [5.41, 5.74) is 4.15. The Bertz CT molecular complexity index is 2280. The van der Waals surface area contributed by atoms with Crippen molar-refractivity contribution in [3.8, 4) is 17.2 Å². The molecule has 1 aliphatic heterocycles. The lowest BCUT2D eigenvalue weighted by molar-refractivity contribution is -0.223. The lowest BCUT2D eigenvalue weighted by Crippen LogP contribution is -2.64. The van der Waals surface area contributed by atoms with E-state index in [2.05, 4.69) is 97.8 Å². The topological polar surface area (TPSA) is 89.7 Å². The molecule has 8 rings (SSSR count). The molecule has 0 radical (unpaired) electrons.